The minimum atomic E-state index is -0.0533. The van der Waals surface area contributed by atoms with Gasteiger partial charge in [-0.1, -0.05) is 24.3 Å². The van der Waals surface area contributed by atoms with E-state index in [4.69, 9.17) is 4.74 Å². The predicted octanol–water partition coefficient (Wildman–Crippen LogP) is 2.27. The molecule has 1 aliphatic heterocycles. The molecule has 1 aliphatic rings. The van der Waals surface area contributed by atoms with Gasteiger partial charge in [-0.25, -0.2) is 0 Å². The molecule has 0 atom stereocenters. The maximum atomic E-state index is 11.7. The number of carbonyl (C=O) groups is 2. The fourth-order valence-electron chi connectivity index (χ4n) is 2.55. The number of hydrogen-bond acceptors (Lipinski definition) is 4. The fourth-order valence-corrected chi connectivity index (χ4v) is 2.55. The average molecular weight is 275 g/mol. The number of benzene rings is 1. The molecule has 0 saturated carbocycles. The van der Waals surface area contributed by atoms with Crippen LogP contribution in [0, 0.1) is 5.92 Å². The standard InChI is InChI=1S/C16H21NO3/c1-2-20-16(19)15-7-9-17(10-8-15)11-13-3-5-14(12-18)6-4-13/h3-6,12,15H,2,7-11H2,1H3. The van der Waals surface area contributed by atoms with Crippen LogP contribution in [0.15, 0.2) is 24.3 Å². The summed E-state index contributed by atoms with van der Waals surface area (Å²) in [6.07, 6.45) is 2.59. The molecule has 4 heteroatoms. The molecule has 0 unspecified atom stereocenters. The molecule has 0 bridgehead atoms. The molecular weight excluding hydrogens is 254 g/mol. The van der Waals surface area contributed by atoms with E-state index in [-0.39, 0.29) is 11.9 Å². The Balaban J connectivity index is 1.81. The van der Waals surface area contributed by atoms with E-state index in [2.05, 4.69) is 4.90 Å². The number of nitrogens with zero attached hydrogens (tertiary/aromatic N) is 1. The van der Waals surface area contributed by atoms with Crippen LogP contribution >= 0.6 is 0 Å². The Morgan fingerprint density at radius 2 is 1.95 bits per heavy atom. The van der Waals surface area contributed by atoms with E-state index in [0.717, 1.165) is 38.8 Å². The highest BCUT2D eigenvalue weighted by Crippen LogP contribution is 2.20. The van der Waals surface area contributed by atoms with Crippen LogP contribution in [-0.4, -0.2) is 36.9 Å². The summed E-state index contributed by atoms with van der Waals surface area (Å²) >= 11 is 0. The van der Waals surface area contributed by atoms with Gasteiger partial charge in [0.2, 0.25) is 0 Å². The third kappa shape index (κ3) is 3.90. The van der Waals surface area contributed by atoms with Crippen molar-refractivity contribution in [3.05, 3.63) is 35.4 Å². The van der Waals surface area contributed by atoms with E-state index in [9.17, 15) is 9.59 Å². The van der Waals surface area contributed by atoms with Crippen LogP contribution in [-0.2, 0) is 16.1 Å². The lowest BCUT2D eigenvalue weighted by Gasteiger charge is -2.30. The number of esters is 1. The van der Waals surface area contributed by atoms with Crippen molar-refractivity contribution in [2.75, 3.05) is 19.7 Å². The summed E-state index contributed by atoms with van der Waals surface area (Å²) in [4.78, 5) is 24.6. The summed E-state index contributed by atoms with van der Waals surface area (Å²) in [6, 6.07) is 7.66. The lowest BCUT2D eigenvalue weighted by atomic mass is 9.96. The average Bonchev–Trinajstić information content (AvgIpc) is 2.49. The molecule has 0 aliphatic carbocycles. The molecule has 1 aromatic rings. The second-order valence-electron chi connectivity index (χ2n) is 5.16. The number of ether oxygens (including phenoxy) is 1. The van der Waals surface area contributed by atoms with Crippen LogP contribution in [0.25, 0.3) is 0 Å². The van der Waals surface area contributed by atoms with Crippen molar-refractivity contribution in [3.63, 3.8) is 0 Å². The molecule has 0 aromatic heterocycles. The van der Waals surface area contributed by atoms with E-state index in [1.807, 2.05) is 31.2 Å². The molecular formula is C16H21NO3. The maximum Gasteiger partial charge on any atom is 0.309 e. The van der Waals surface area contributed by atoms with Crippen molar-refractivity contribution >= 4 is 12.3 Å². The van der Waals surface area contributed by atoms with E-state index in [0.29, 0.717) is 12.2 Å². The Morgan fingerprint density at radius 3 is 2.50 bits per heavy atom. The second-order valence-corrected chi connectivity index (χ2v) is 5.16. The summed E-state index contributed by atoms with van der Waals surface area (Å²) in [5.41, 5.74) is 1.90. The summed E-state index contributed by atoms with van der Waals surface area (Å²) in [5, 5.41) is 0. The zero-order chi connectivity index (χ0) is 14.4. The van der Waals surface area contributed by atoms with E-state index >= 15 is 0 Å². The summed E-state index contributed by atoms with van der Waals surface area (Å²) in [6.45, 7) is 5.00. The van der Waals surface area contributed by atoms with E-state index in [1.165, 1.54) is 5.56 Å². The van der Waals surface area contributed by atoms with Crippen molar-refractivity contribution in [1.29, 1.82) is 0 Å². The largest absolute Gasteiger partial charge is 0.466 e. The summed E-state index contributed by atoms with van der Waals surface area (Å²) in [7, 11) is 0. The van der Waals surface area contributed by atoms with Gasteiger partial charge < -0.3 is 4.74 Å². The van der Waals surface area contributed by atoms with Gasteiger partial charge in [0.1, 0.15) is 6.29 Å². The highest BCUT2D eigenvalue weighted by atomic mass is 16.5. The number of aldehydes is 1. The Kier molecular flexibility index (Phi) is 5.30. The van der Waals surface area contributed by atoms with E-state index < -0.39 is 0 Å². The molecule has 0 amide bonds. The smallest absolute Gasteiger partial charge is 0.309 e. The van der Waals surface area contributed by atoms with Gasteiger partial charge in [0.05, 0.1) is 12.5 Å². The van der Waals surface area contributed by atoms with Gasteiger partial charge in [0.15, 0.2) is 0 Å². The molecule has 1 aromatic carbocycles. The van der Waals surface area contributed by atoms with Crippen molar-refractivity contribution in [2.24, 2.45) is 5.92 Å². The van der Waals surface area contributed by atoms with Crippen LogP contribution in [0.4, 0.5) is 0 Å². The quantitative estimate of drug-likeness (QED) is 0.611. The first-order valence-corrected chi connectivity index (χ1v) is 7.16. The van der Waals surface area contributed by atoms with Gasteiger partial charge in [0.25, 0.3) is 0 Å². The molecule has 1 fully saturated rings. The highest BCUT2D eigenvalue weighted by molar-refractivity contribution is 5.74. The Labute approximate surface area is 119 Å². The van der Waals surface area contributed by atoms with Gasteiger partial charge in [-0.3, -0.25) is 14.5 Å². The first kappa shape index (κ1) is 14.7. The Bertz CT molecular complexity index is 447. The van der Waals surface area contributed by atoms with Crippen molar-refractivity contribution < 1.29 is 14.3 Å². The highest BCUT2D eigenvalue weighted by Gasteiger charge is 2.25. The van der Waals surface area contributed by atoms with Gasteiger partial charge in [0, 0.05) is 12.1 Å². The molecule has 1 saturated heterocycles. The van der Waals surface area contributed by atoms with Crippen LogP contribution in [0.3, 0.4) is 0 Å². The number of likely N-dealkylation sites (tertiary alicyclic amines) is 1. The molecule has 20 heavy (non-hydrogen) atoms. The number of hydrogen-bond donors (Lipinski definition) is 0. The van der Waals surface area contributed by atoms with Crippen molar-refractivity contribution in [2.45, 2.75) is 26.3 Å². The molecule has 4 nitrogen and oxygen atoms in total. The van der Waals surface area contributed by atoms with Gasteiger partial charge in [-0.05, 0) is 38.4 Å². The zero-order valence-electron chi connectivity index (χ0n) is 11.9. The minimum Gasteiger partial charge on any atom is -0.466 e. The van der Waals surface area contributed by atoms with Gasteiger partial charge >= 0.3 is 5.97 Å². The first-order valence-electron chi connectivity index (χ1n) is 7.16. The van der Waals surface area contributed by atoms with Gasteiger partial charge in [-0.2, -0.15) is 0 Å². The third-order valence-corrected chi connectivity index (χ3v) is 3.73. The lowest BCUT2D eigenvalue weighted by molar-refractivity contribution is -0.149. The minimum absolute atomic E-state index is 0.0533. The topological polar surface area (TPSA) is 46.6 Å². The Morgan fingerprint density at radius 1 is 1.30 bits per heavy atom. The second kappa shape index (κ2) is 7.20. The lowest BCUT2D eigenvalue weighted by Crippen LogP contribution is -2.36. The van der Waals surface area contributed by atoms with Crippen molar-refractivity contribution in [1.82, 2.24) is 4.90 Å². The van der Waals surface area contributed by atoms with Crippen LogP contribution in [0.5, 0.6) is 0 Å². The van der Waals surface area contributed by atoms with Crippen LogP contribution < -0.4 is 0 Å². The SMILES string of the molecule is CCOC(=O)C1CCN(Cc2ccc(C=O)cc2)CC1. The first-order chi connectivity index (χ1) is 9.72. The van der Waals surface area contributed by atoms with E-state index in [1.54, 1.807) is 0 Å². The molecule has 108 valence electrons. The molecule has 0 spiro atoms. The van der Waals surface area contributed by atoms with Crippen LogP contribution in [0.2, 0.25) is 0 Å². The fraction of sp³-hybridized carbons (Fsp3) is 0.500. The monoisotopic (exact) mass is 275 g/mol. The third-order valence-electron chi connectivity index (χ3n) is 3.73. The summed E-state index contributed by atoms with van der Waals surface area (Å²) < 4.78 is 5.07. The van der Waals surface area contributed by atoms with Gasteiger partial charge in [-0.15, -0.1) is 0 Å². The zero-order valence-corrected chi connectivity index (χ0v) is 11.9. The normalized spacial score (nSPS) is 16.9. The summed E-state index contributed by atoms with van der Waals surface area (Å²) in [5.74, 6) is 0.00567. The molecule has 2 rings (SSSR count). The Hall–Kier alpha value is -1.68. The molecule has 0 N–H and O–H groups in total. The van der Waals surface area contributed by atoms with Crippen LogP contribution in [0.1, 0.15) is 35.7 Å². The predicted molar refractivity (Wildman–Crippen MR) is 76.5 cm³/mol. The molecule has 1 heterocycles. The molecule has 0 radical (unpaired) electrons. The van der Waals surface area contributed by atoms with Crippen molar-refractivity contribution in [3.8, 4) is 0 Å². The maximum absolute atomic E-state index is 11.7. The number of carbonyl (C=O) groups excluding carboxylic acids is 2. The number of rotatable bonds is 5. The number of piperidine rings is 1.